The van der Waals surface area contributed by atoms with E-state index in [-0.39, 0.29) is 17.1 Å². The van der Waals surface area contributed by atoms with Crippen LogP contribution in [0.4, 0.5) is 0 Å². The van der Waals surface area contributed by atoms with Gasteiger partial charge in [0.1, 0.15) is 10.6 Å². The number of para-hydroxylation sites is 1. The second-order valence-electron chi connectivity index (χ2n) is 5.12. The number of primary sulfonamides is 1. The molecule has 0 unspecified atom stereocenters. The number of rotatable bonds is 4. The Balaban J connectivity index is 2.36. The Labute approximate surface area is 132 Å². The summed E-state index contributed by atoms with van der Waals surface area (Å²) in [6.45, 7) is 0.235. The molecular weight excluding hydrogens is 316 g/mol. The summed E-state index contributed by atoms with van der Waals surface area (Å²) in [6.07, 6.45) is 0. The standard InChI is InChI=1S/C16H14N2O4S/c17-23(21,22)15-12-8-4-5-9-13(12)18(14(15)16(19)20)10-11-6-2-1-3-7-11/h1-9H,10H2,(H,19,20)(H2,17,21,22). The first-order valence-electron chi connectivity index (χ1n) is 6.81. The summed E-state index contributed by atoms with van der Waals surface area (Å²) in [7, 11) is -4.18. The van der Waals surface area contributed by atoms with Crippen molar-refractivity contribution in [3.63, 3.8) is 0 Å². The van der Waals surface area contributed by atoms with Crippen LogP contribution < -0.4 is 5.14 Å². The first kappa shape index (κ1) is 15.3. The SMILES string of the molecule is NS(=O)(=O)c1c(C(=O)O)n(Cc2ccccc2)c2ccccc12. The highest BCUT2D eigenvalue weighted by Gasteiger charge is 2.28. The maximum absolute atomic E-state index is 11.9. The predicted molar refractivity (Wildman–Crippen MR) is 85.8 cm³/mol. The van der Waals surface area contributed by atoms with E-state index < -0.39 is 16.0 Å². The summed E-state index contributed by atoms with van der Waals surface area (Å²) < 4.78 is 25.3. The van der Waals surface area contributed by atoms with Crippen LogP contribution in [-0.4, -0.2) is 24.1 Å². The Kier molecular flexibility index (Phi) is 3.67. The summed E-state index contributed by atoms with van der Waals surface area (Å²) in [5.74, 6) is -1.33. The maximum Gasteiger partial charge on any atom is 0.353 e. The lowest BCUT2D eigenvalue weighted by atomic mass is 10.2. The van der Waals surface area contributed by atoms with E-state index in [1.165, 1.54) is 4.57 Å². The average molecular weight is 330 g/mol. The third-order valence-corrected chi connectivity index (χ3v) is 4.58. The molecule has 118 valence electrons. The van der Waals surface area contributed by atoms with E-state index in [9.17, 15) is 18.3 Å². The summed E-state index contributed by atoms with van der Waals surface area (Å²) >= 11 is 0. The molecule has 2 aromatic carbocycles. The molecule has 3 aromatic rings. The second-order valence-corrected chi connectivity index (χ2v) is 6.62. The van der Waals surface area contributed by atoms with Crippen molar-refractivity contribution in [3.8, 4) is 0 Å². The van der Waals surface area contributed by atoms with Gasteiger partial charge in [0.2, 0.25) is 10.0 Å². The molecule has 3 N–H and O–H groups in total. The molecule has 0 aliphatic heterocycles. The smallest absolute Gasteiger partial charge is 0.353 e. The molecule has 1 heterocycles. The Bertz CT molecular complexity index is 992. The minimum atomic E-state index is -4.18. The number of hydrogen-bond donors (Lipinski definition) is 2. The monoisotopic (exact) mass is 330 g/mol. The zero-order valence-electron chi connectivity index (χ0n) is 12.0. The van der Waals surface area contributed by atoms with Crippen LogP contribution in [0, 0.1) is 0 Å². The topological polar surface area (TPSA) is 102 Å². The van der Waals surface area contributed by atoms with Gasteiger partial charge in [-0.25, -0.2) is 18.4 Å². The van der Waals surface area contributed by atoms with Crippen molar-refractivity contribution in [2.45, 2.75) is 11.4 Å². The fourth-order valence-corrected chi connectivity index (χ4v) is 3.65. The zero-order chi connectivity index (χ0) is 16.6. The van der Waals surface area contributed by atoms with Crippen molar-refractivity contribution in [1.29, 1.82) is 0 Å². The van der Waals surface area contributed by atoms with Crippen LogP contribution in [0.5, 0.6) is 0 Å². The van der Waals surface area contributed by atoms with E-state index in [1.54, 1.807) is 24.3 Å². The molecule has 7 heteroatoms. The Hall–Kier alpha value is -2.64. The number of benzene rings is 2. The molecule has 3 rings (SSSR count). The van der Waals surface area contributed by atoms with Gasteiger partial charge < -0.3 is 9.67 Å². The number of nitrogens with two attached hydrogens (primary N) is 1. The van der Waals surface area contributed by atoms with Crippen molar-refractivity contribution in [2.24, 2.45) is 5.14 Å². The van der Waals surface area contributed by atoms with Gasteiger partial charge in [0.25, 0.3) is 0 Å². The predicted octanol–water partition coefficient (Wildman–Crippen LogP) is 2.04. The van der Waals surface area contributed by atoms with Gasteiger partial charge >= 0.3 is 5.97 Å². The van der Waals surface area contributed by atoms with Crippen LogP contribution >= 0.6 is 0 Å². The Morgan fingerprint density at radius 1 is 1.04 bits per heavy atom. The fourth-order valence-electron chi connectivity index (χ4n) is 2.70. The maximum atomic E-state index is 11.9. The van der Waals surface area contributed by atoms with Gasteiger partial charge in [-0.3, -0.25) is 0 Å². The molecule has 0 amide bonds. The van der Waals surface area contributed by atoms with Gasteiger partial charge in [0.05, 0.1) is 5.52 Å². The van der Waals surface area contributed by atoms with Crippen LogP contribution in [0.25, 0.3) is 10.9 Å². The normalized spacial score (nSPS) is 11.7. The number of carboxylic acid groups (broad SMARTS) is 1. The van der Waals surface area contributed by atoms with Crippen molar-refractivity contribution in [2.75, 3.05) is 0 Å². The van der Waals surface area contributed by atoms with Gasteiger partial charge in [-0.15, -0.1) is 0 Å². The van der Waals surface area contributed by atoms with Crippen molar-refractivity contribution < 1.29 is 18.3 Å². The number of hydrogen-bond acceptors (Lipinski definition) is 3. The summed E-state index contributed by atoms with van der Waals surface area (Å²) in [4.78, 5) is 11.4. The molecular formula is C16H14N2O4S. The number of sulfonamides is 1. The average Bonchev–Trinajstić information content (AvgIpc) is 2.83. The van der Waals surface area contributed by atoms with Crippen molar-refractivity contribution in [1.82, 2.24) is 4.57 Å². The third kappa shape index (κ3) is 2.71. The highest BCUT2D eigenvalue weighted by Crippen LogP contribution is 2.30. The Morgan fingerprint density at radius 3 is 2.26 bits per heavy atom. The minimum Gasteiger partial charge on any atom is -0.477 e. The number of aromatic nitrogens is 1. The molecule has 0 fully saturated rings. The van der Waals surface area contributed by atoms with E-state index in [2.05, 4.69) is 0 Å². The fraction of sp³-hybridized carbons (Fsp3) is 0.0625. The van der Waals surface area contributed by atoms with E-state index in [1.807, 2.05) is 30.3 Å². The first-order chi connectivity index (χ1) is 10.9. The molecule has 0 atom stereocenters. The highest BCUT2D eigenvalue weighted by atomic mass is 32.2. The second kappa shape index (κ2) is 5.53. The molecule has 0 radical (unpaired) electrons. The summed E-state index contributed by atoms with van der Waals surface area (Å²) in [5.41, 5.74) is 1.05. The largest absolute Gasteiger partial charge is 0.477 e. The molecule has 6 nitrogen and oxygen atoms in total. The number of nitrogens with zero attached hydrogens (tertiary/aromatic N) is 1. The van der Waals surface area contributed by atoms with Crippen LogP contribution in [-0.2, 0) is 16.6 Å². The van der Waals surface area contributed by atoms with Gasteiger partial charge in [0.15, 0.2) is 0 Å². The quantitative estimate of drug-likeness (QED) is 0.764. The van der Waals surface area contributed by atoms with Gasteiger partial charge in [-0.1, -0.05) is 48.5 Å². The number of fused-ring (bicyclic) bond motifs is 1. The van der Waals surface area contributed by atoms with Gasteiger partial charge in [0, 0.05) is 11.9 Å². The zero-order valence-corrected chi connectivity index (χ0v) is 12.8. The lowest BCUT2D eigenvalue weighted by Gasteiger charge is -2.09. The third-order valence-electron chi connectivity index (χ3n) is 3.60. The van der Waals surface area contributed by atoms with Crippen LogP contribution in [0.15, 0.2) is 59.5 Å². The van der Waals surface area contributed by atoms with Crippen LogP contribution in [0.3, 0.4) is 0 Å². The molecule has 0 aliphatic rings. The number of carbonyl (C=O) groups is 1. The number of aromatic carboxylic acids is 1. The Morgan fingerprint density at radius 2 is 1.65 bits per heavy atom. The lowest BCUT2D eigenvalue weighted by molar-refractivity contribution is 0.0681. The number of carboxylic acids is 1. The lowest BCUT2D eigenvalue weighted by Crippen LogP contribution is -2.18. The van der Waals surface area contributed by atoms with E-state index in [0.717, 1.165) is 5.56 Å². The molecule has 0 spiro atoms. The van der Waals surface area contributed by atoms with Crippen LogP contribution in [0.1, 0.15) is 16.1 Å². The molecule has 0 aliphatic carbocycles. The molecule has 23 heavy (non-hydrogen) atoms. The van der Waals surface area contributed by atoms with E-state index in [4.69, 9.17) is 5.14 Å². The van der Waals surface area contributed by atoms with Gasteiger partial charge in [-0.05, 0) is 11.6 Å². The molecule has 1 aromatic heterocycles. The van der Waals surface area contributed by atoms with E-state index >= 15 is 0 Å². The molecule has 0 saturated carbocycles. The van der Waals surface area contributed by atoms with Crippen molar-refractivity contribution >= 4 is 26.9 Å². The molecule has 0 saturated heterocycles. The van der Waals surface area contributed by atoms with Crippen molar-refractivity contribution in [3.05, 3.63) is 65.9 Å². The van der Waals surface area contributed by atoms with Gasteiger partial charge in [-0.2, -0.15) is 0 Å². The summed E-state index contributed by atoms with van der Waals surface area (Å²) in [5, 5.41) is 15.1. The van der Waals surface area contributed by atoms with Crippen LogP contribution in [0.2, 0.25) is 0 Å². The van der Waals surface area contributed by atoms with E-state index in [0.29, 0.717) is 10.9 Å². The first-order valence-corrected chi connectivity index (χ1v) is 8.35. The minimum absolute atomic E-state index is 0.235. The summed E-state index contributed by atoms with van der Waals surface area (Å²) in [6, 6.07) is 15.8. The highest BCUT2D eigenvalue weighted by molar-refractivity contribution is 7.89. The molecule has 0 bridgehead atoms.